The second kappa shape index (κ2) is 11.3. The highest BCUT2D eigenvalue weighted by atomic mass is 79.9. The van der Waals surface area contributed by atoms with Crippen molar-refractivity contribution in [3.63, 3.8) is 0 Å². The molecular weight excluding hydrogens is 624 g/mol. The Hall–Kier alpha value is -3.82. The smallest absolute Gasteiger partial charge is 0.233 e. The molecule has 3 aliphatic carbocycles. The Morgan fingerprint density at radius 2 is 1.70 bits per heavy atom. The summed E-state index contributed by atoms with van der Waals surface area (Å²) in [5, 5.41) is 11.1. The Morgan fingerprint density at radius 1 is 0.955 bits per heavy atom. The fourth-order valence-electron chi connectivity index (χ4n) is 8.10. The Balaban J connectivity index is 1.21. The van der Waals surface area contributed by atoms with Gasteiger partial charge in [0, 0.05) is 54.4 Å². The van der Waals surface area contributed by atoms with Gasteiger partial charge < -0.3 is 9.84 Å². The first-order valence-electron chi connectivity index (χ1n) is 15.2. The number of hydrogen-bond donors (Lipinski definition) is 1. The van der Waals surface area contributed by atoms with Crippen LogP contribution in [0.2, 0.25) is 0 Å². The normalized spacial score (nSPS) is 27.5. The summed E-state index contributed by atoms with van der Waals surface area (Å²) in [6.07, 6.45) is 5.22. The van der Waals surface area contributed by atoms with Crippen LogP contribution in [0, 0.1) is 17.8 Å². The lowest BCUT2D eigenvalue weighted by Crippen LogP contribution is -2.47. The average Bonchev–Trinajstić information content (AvgIpc) is 3.29. The zero-order valence-electron chi connectivity index (χ0n) is 24.4. The number of carbonyl (C=O) groups excluding carboxylic acids is 4. The van der Waals surface area contributed by atoms with Crippen LogP contribution in [0.4, 0.5) is 0 Å². The van der Waals surface area contributed by atoms with Crippen molar-refractivity contribution >= 4 is 39.3 Å². The van der Waals surface area contributed by atoms with Gasteiger partial charge in [-0.2, -0.15) is 0 Å². The van der Waals surface area contributed by atoms with Crippen molar-refractivity contribution in [1.82, 2.24) is 9.80 Å². The van der Waals surface area contributed by atoms with Crippen LogP contribution in [-0.2, 0) is 25.7 Å². The summed E-state index contributed by atoms with van der Waals surface area (Å²) in [4.78, 5) is 59.1. The van der Waals surface area contributed by atoms with Gasteiger partial charge in [-0.15, -0.1) is 0 Å². The van der Waals surface area contributed by atoms with Crippen molar-refractivity contribution in [2.24, 2.45) is 17.8 Å². The SMILES string of the molecule is COc1cccc(O)c1[C@H]1C2=CC[C@@H]3C(=O)N(C4CCN(Cc5ccccc5)CC4)C(=O)[C@@H]3[C@@H]2CC2=C1C(=O)C=C(Br)C2=O. The maximum atomic E-state index is 14.3. The maximum Gasteiger partial charge on any atom is 0.233 e. The van der Waals surface area contributed by atoms with Gasteiger partial charge in [-0.05, 0) is 65.2 Å². The number of ketones is 2. The van der Waals surface area contributed by atoms with Gasteiger partial charge in [-0.3, -0.25) is 29.0 Å². The number of phenolic OH excluding ortho intramolecular Hbond substituents is 1. The summed E-state index contributed by atoms with van der Waals surface area (Å²) >= 11 is 3.26. The van der Waals surface area contributed by atoms with E-state index in [4.69, 9.17) is 4.74 Å². The molecule has 2 aromatic rings. The number of nitrogens with zero attached hydrogens (tertiary/aromatic N) is 2. The van der Waals surface area contributed by atoms with Gasteiger partial charge in [0.05, 0.1) is 23.4 Å². The molecule has 0 spiro atoms. The fraction of sp³-hybridized carbons (Fsp3) is 0.371. The second-order valence-corrected chi connectivity index (χ2v) is 13.2. The van der Waals surface area contributed by atoms with E-state index in [1.54, 1.807) is 12.1 Å². The predicted molar refractivity (Wildman–Crippen MR) is 166 cm³/mol. The fourth-order valence-corrected chi connectivity index (χ4v) is 8.55. The number of imide groups is 1. The quantitative estimate of drug-likeness (QED) is 0.279. The molecule has 2 heterocycles. The molecule has 0 saturated carbocycles. The summed E-state index contributed by atoms with van der Waals surface area (Å²) in [5.74, 6) is -3.00. The number of hydrogen-bond acceptors (Lipinski definition) is 7. The third kappa shape index (κ3) is 4.59. The Bertz CT molecular complexity index is 1670. The number of halogens is 1. The first-order chi connectivity index (χ1) is 21.3. The van der Waals surface area contributed by atoms with E-state index in [0.29, 0.717) is 41.7 Å². The molecule has 0 unspecified atom stereocenters. The molecule has 2 aliphatic heterocycles. The highest BCUT2D eigenvalue weighted by Gasteiger charge is 2.58. The number of allylic oxidation sites excluding steroid dienone is 6. The number of piperidine rings is 1. The first-order valence-corrected chi connectivity index (χ1v) is 16.0. The van der Waals surface area contributed by atoms with E-state index >= 15 is 0 Å². The third-order valence-electron chi connectivity index (χ3n) is 10.1. The lowest BCUT2D eigenvalue weighted by Gasteiger charge is -2.42. The topological polar surface area (TPSA) is 104 Å². The van der Waals surface area contributed by atoms with Gasteiger partial charge in [0.15, 0.2) is 11.6 Å². The number of ether oxygens (including phenoxy) is 1. The minimum absolute atomic E-state index is 0.0588. The Kier molecular flexibility index (Phi) is 7.41. The van der Waals surface area contributed by atoms with Gasteiger partial charge in [0.2, 0.25) is 11.8 Å². The van der Waals surface area contributed by atoms with Crippen LogP contribution >= 0.6 is 15.9 Å². The van der Waals surface area contributed by atoms with Crippen molar-refractivity contribution in [2.45, 2.75) is 44.2 Å². The number of fused-ring (bicyclic) bond motifs is 3. The molecule has 44 heavy (non-hydrogen) atoms. The van der Waals surface area contributed by atoms with E-state index < -0.39 is 23.7 Å². The number of rotatable bonds is 5. The van der Waals surface area contributed by atoms with Crippen LogP contribution in [-0.4, -0.2) is 64.5 Å². The van der Waals surface area contributed by atoms with E-state index in [9.17, 15) is 24.3 Å². The molecule has 2 fully saturated rings. The number of carbonyl (C=O) groups is 4. The zero-order chi connectivity index (χ0) is 30.7. The van der Waals surface area contributed by atoms with Crippen LogP contribution < -0.4 is 4.74 Å². The van der Waals surface area contributed by atoms with E-state index in [-0.39, 0.29) is 46.1 Å². The van der Waals surface area contributed by atoms with Gasteiger partial charge in [0.1, 0.15) is 11.5 Å². The number of likely N-dealkylation sites (tertiary alicyclic amines) is 2. The molecular formula is C35H33BrN2O6. The first kappa shape index (κ1) is 28.9. The molecule has 0 aromatic heterocycles. The molecule has 2 aromatic carbocycles. The summed E-state index contributed by atoms with van der Waals surface area (Å²) in [5.41, 5.74) is 3.05. The van der Waals surface area contributed by atoms with E-state index in [1.165, 1.54) is 29.7 Å². The van der Waals surface area contributed by atoms with Crippen molar-refractivity contribution in [1.29, 1.82) is 0 Å². The van der Waals surface area contributed by atoms with Crippen LogP contribution in [0.5, 0.6) is 11.5 Å². The molecule has 2 amide bonds. The lowest BCUT2D eigenvalue weighted by molar-refractivity contribution is -0.144. The zero-order valence-corrected chi connectivity index (χ0v) is 26.0. The molecule has 7 rings (SSSR count). The lowest BCUT2D eigenvalue weighted by atomic mass is 9.59. The van der Waals surface area contributed by atoms with E-state index in [1.807, 2.05) is 24.3 Å². The molecule has 0 radical (unpaired) electrons. The summed E-state index contributed by atoms with van der Waals surface area (Å²) in [7, 11) is 1.49. The highest BCUT2D eigenvalue weighted by molar-refractivity contribution is 9.12. The number of Topliss-reactive ketones (excluding diaryl/α,β-unsaturated/α-hetero) is 1. The van der Waals surface area contributed by atoms with Gasteiger partial charge in [0.25, 0.3) is 0 Å². The second-order valence-electron chi connectivity index (χ2n) is 12.3. The number of aromatic hydroxyl groups is 1. The van der Waals surface area contributed by atoms with Crippen molar-refractivity contribution in [2.75, 3.05) is 20.2 Å². The average molecular weight is 658 g/mol. The molecule has 9 heteroatoms. The summed E-state index contributed by atoms with van der Waals surface area (Å²) in [6, 6.07) is 15.0. The maximum absolute atomic E-state index is 14.3. The monoisotopic (exact) mass is 656 g/mol. The van der Waals surface area contributed by atoms with Crippen molar-refractivity contribution in [3.8, 4) is 11.5 Å². The molecule has 226 valence electrons. The number of benzene rings is 2. The van der Waals surface area contributed by atoms with Crippen LogP contribution in [0.1, 0.15) is 42.7 Å². The standard InChI is InChI=1S/C35H33BrN2O6/c1-44-28-9-5-8-26(39)32(28)31-21-10-11-22-29(23(21)16-24-30(31)27(40)17-25(36)33(24)41)35(43)38(34(22)42)20-12-14-37(15-13-20)18-19-6-3-2-4-7-19/h2-10,17,20,22-23,29,31,39H,11-16,18H2,1H3/t22-,23+,29-,31-/m0/s1. The molecule has 0 bridgehead atoms. The predicted octanol–water partition coefficient (Wildman–Crippen LogP) is 4.83. The number of methoxy groups -OCH3 is 1. The molecule has 4 atom stereocenters. The number of phenols is 1. The van der Waals surface area contributed by atoms with Crippen LogP contribution in [0.3, 0.4) is 0 Å². The summed E-state index contributed by atoms with van der Waals surface area (Å²) in [6.45, 7) is 2.42. The van der Waals surface area contributed by atoms with Crippen molar-refractivity contribution < 1.29 is 29.0 Å². The van der Waals surface area contributed by atoms with Gasteiger partial charge >= 0.3 is 0 Å². The minimum Gasteiger partial charge on any atom is -0.507 e. The van der Waals surface area contributed by atoms with Crippen molar-refractivity contribution in [3.05, 3.63) is 93.0 Å². The van der Waals surface area contributed by atoms with Gasteiger partial charge in [-0.1, -0.05) is 48.0 Å². The highest BCUT2D eigenvalue weighted by Crippen LogP contribution is 2.57. The van der Waals surface area contributed by atoms with Gasteiger partial charge in [-0.25, -0.2) is 0 Å². The van der Waals surface area contributed by atoms with Crippen LogP contribution in [0.15, 0.2) is 81.9 Å². The Morgan fingerprint density at radius 3 is 2.43 bits per heavy atom. The Labute approximate surface area is 264 Å². The third-order valence-corrected chi connectivity index (χ3v) is 10.7. The molecule has 1 N–H and O–H groups in total. The van der Waals surface area contributed by atoms with Crippen LogP contribution in [0.25, 0.3) is 0 Å². The minimum atomic E-state index is -0.771. The molecule has 5 aliphatic rings. The number of amides is 2. The molecule has 8 nitrogen and oxygen atoms in total. The largest absolute Gasteiger partial charge is 0.507 e. The molecule has 2 saturated heterocycles. The van der Waals surface area contributed by atoms with E-state index in [2.05, 4.69) is 33.0 Å². The summed E-state index contributed by atoms with van der Waals surface area (Å²) < 4.78 is 5.79. The van der Waals surface area contributed by atoms with E-state index in [0.717, 1.165) is 25.2 Å².